The molecule has 3 rings (SSSR count). The number of aromatic nitrogens is 2. The number of hydrogen-bond donors (Lipinski definition) is 1. The van der Waals surface area contributed by atoms with Crippen LogP contribution in [0.3, 0.4) is 0 Å². The van der Waals surface area contributed by atoms with Crippen molar-refractivity contribution in [3.63, 3.8) is 0 Å². The summed E-state index contributed by atoms with van der Waals surface area (Å²) in [7, 11) is -3.56. The number of ether oxygens (including phenoxy) is 2. The Balaban J connectivity index is 1.81. The lowest BCUT2D eigenvalue weighted by molar-refractivity contribution is 0.102. The quantitative estimate of drug-likeness (QED) is 0.868. The van der Waals surface area contributed by atoms with Crippen LogP contribution >= 0.6 is 0 Å². The Morgan fingerprint density at radius 3 is 2.71 bits per heavy atom. The molecule has 1 aliphatic heterocycles. The van der Waals surface area contributed by atoms with Gasteiger partial charge in [0.1, 0.15) is 19.5 Å². The lowest BCUT2D eigenvalue weighted by atomic mass is 10.2. The Morgan fingerprint density at radius 2 is 2.00 bits per heavy atom. The van der Waals surface area contributed by atoms with Crippen molar-refractivity contribution in [2.75, 3.05) is 24.8 Å². The van der Waals surface area contributed by atoms with Gasteiger partial charge in [-0.2, -0.15) is 0 Å². The molecule has 1 N–H and O–H groups in total. The van der Waals surface area contributed by atoms with Gasteiger partial charge in [0.05, 0.1) is 10.5 Å². The molecule has 0 radical (unpaired) electrons. The second kappa shape index (κ2) is 6.32. The molecule has 0 saturated heterocycles. The van der Waals surface area contributed by atoms with Crippen molar-refractivity contribution >= 4 is 27.5 Å². The maximum Gasteiger partial charge on any atom is 0.322 e. The second-order valence-corrected chi connectivity index (χ2v) is 6.82. The van der Waals surface area contributed by atoms with Gasteiger partial charge in [0.25, 0.3) is 11.8 Å². The fourth-order valence-corrected chi connectivity index (χ4v) is 2.88. The fraction of sp³-hybridized carbons (Fsp3) is 0.214. The Hall–Kier alpha value is -2.88. The zero-order chi connectivity index (χ0) is 17.2. The smallest absolute Gasteiger partial charge is 0.322 e. The monoisotopic (exact) mass is 351 g/mol. The van der Waals surface area contributed by atoms with Gasteiger partial charge in [-0.15, -0.1) is 5.10 Å². The number of anilines is 1. The highest BCUT2D eigenvalue weighted by Crippen LogP contribution is 2.21. The number of nitrogens with zero attached hydrogens (tertiary/aromatic N) is 2. The van der Waals surface area contributed by atoms with Gasteiger partial charge in [-0.1, -0.05) is 17.2 Å². The Morgan fingerprint density at radius 1 is 1.21 bits per heavy atom. The fourth-order valence-electron chi connectivity index (χ4n) is 2.00. The van der Waals surface area contributed by atoms with Crippen LogP contribution in [0.15, 0.2) is 39.8 Å². The van der Waals surface area contributed by atoms with E-state index < -0.39 is 15.7 Å². The molecule has 1 aromatic heterocycles. The molecule has 0 fully saturated rings. The summed E-state index contributed by atoms with van der Waals surface area (Å²) < 4.78 is 39.1. The first-order valence-corrected chi connectivity index (χ1v) is 8.73. The van der Waals surface area contributed by atoms with Crippen LogP contribution in [0, 0.1) is 0 Å². The van der Waals surface area contributed by atoms with Crippen molar-refractivity contribution in [2.24, 2.45) is 0 Å². The van der Waals surface area contributed by atoms with Crippen LogP contribution in [0.5, 0.6) is 0 Å². The van der Waals surface area contributed by atoms with Crippen molar-refractivity contribution in [2.45, 2.75) is 4.90 Å². The molecule has 0 atom stereocenters. The first-order chi connectivity index (χ1) is 11.4. The Kier molecular flexibility index (Phi) is 4.21. The third-order valence-electron chi connectivity index (χ3n) is 3.04. The van der Waals surface area contributed by atoms with E-state index >= 15 is 0 Å². The predicted octanol–water partition coefficient (Wildman–Crippen LogP) is 1.07. The van der Waals surface area contributed by atoms with Crippen LogP contribution in [-0.2, 0) is 19.3 Å². The summed E-state index contributed by atoms with van der Waals surface area (Å²) in [5, 5.41) is 9.77. The molecule has 0 bridgehead atoms. The van der Waals surface area contributed by atoms with E-state index in [1.54, 1.807) is 6.07 Å². The van der Waals surface area contributed by atoms with E-state index in [0.717, 1.165) is 6.26 Å². The molecule has 1 aromatic carbocycles. The predicted molar refractivity (Wildman–Crippen MR) is 81.7 cm³/mol. The van der Waals surface area contributed by atoms with Crippen molar-refractivity contribution < 1.29 is 27.1 Å². The minimum atomic E-state index is -3.56. The van der Waals surface area contributed by atoms with Crippen LogP contribution in [0.25, 0.3) is 5.76 Å². The van der Waals surface area contributed by atoms with E-state index in [9.17, 15) is 13.2 Å². The molecule has 126 valence electrons. The topological polar surface area (TPSA) is 121 Å². The number of carbonyl (C=O) groups is 1. The van der Waals surface area contributed by atoms with Gasteiger partial charge in [-0.3, -0.25) is 10.1 Å². The molecular weight excluding hydrogens is 338 g/mol. The summed E-state index contributed by atoms with van der Waals surface area (Å²) in [5.74, 6) is -0.381. The van der Waals surface area contributed by atoms with Gasteiger partial charge in [0, 0.05) is 6.26 Å². The summed E-state index contributed by atoms with van der Waals surface area (Å²) in [6, 6.07) is 5.64. The number of hydrogen-bond acceptors (Lipinski definition) is 8. The van der Waals surface area contributed by atoms with E-state index in [4.69, 9.17) is 13.9 Å². The maximum atomic E-state index is 12.3. The van der Waals surface area contributed by atoms with Crippen molar-refractivity contribution in [1.29, 1.82) is 0 Å². The van der Waals surface area contributed by atoms with Gasteiger partial charge in [0.15, 0.2) is 9.84 Å². The van der Waals surface area contributed by atoms with Crippen molar-refractivity contribution in [3.8, 4) is 0 Å². The minimum absolute atomic E-state index is 0.0174. The van der Waals surface area contributed by atoms with E-state index in [2.05, 4.69) is 15.5 Å². The van der Waals surface area contributed by atoms with Crippen LogP contribution in [0.1, 0.15) is 16.2 Å². The Labute approximate surface area is 137 Å². The highest BCUT2D eigenvalue weighted by atomic mass is 32.2. The molecular formula is C14H13N3O6S. The highest BCUT2D eigenvalue weighted by Gasteiger charge is 2.21. The van der Waals surface area contributed by atoms with Gasteiger partial charge in [-0.05, 0) is 12.1 Å². The number of rotatable bonds is 4. The van der Waals surface area contributed by atoms with E-state index in [1.807, 2.05) is 0 Å². The minimum Gasteiger partial charge on any atom is -0.494 e. The molecule has 2 heterocycles. The summed E-state index contributed by atoms with van der Waals surface area (Å²) in [6.07, 6.45) is 2.36. The molecule has 0 aliphatic carbocycles. The number of carbonyl (C=O) groups excluding carboxylic acids is 1. The van der Waals surface area contributed by atoms with Crippen molar-refractivity contribution in [1.82, 2.24) is 10.2 Å². The largest absolute Gasteiger partial charge is 0.494 e. The number of amides is 1. The molecule has 1 aliphatic rings. The van der Waals surface area contributed by atoms with Crippen LogP contribution in [-0.4, -0.2) is 44.0 Å². The van der Waals surface area contributed by atoms with E-state index in [1.165, 1.54) is 24.5 Å². The van der Waals surface area contributed by atoms with Crippen LogP contribution in [0.2, 0.25) is 0 Å². The summed E-state index contributed by atoms with van der Waals surface area (Å²) >= 11 is 0. The maximum absolute atomic E-state index is 12.3. The Bertz CT molecular complexity index is 903. The first-order valence-electron chi connectivity index (χ1n) is 6.84. The second-order valence-electron chi connectivity index (χ2n) is 4.84. The lowest BCUT2D eigenvalue weighted by Crippen LogP contribution is -2.16. The third kappa shape index (κ3) is 3.38. The molecule has 0 saturated carbocycles. The molecule has 9 nitrogen and oxygen atoms in total. The van der Waals surface area contributed by atoms with Crippen LogP contribution < -0.4 is 5.32 Å². The average Bonchev–Trinajstić information content (AvgIpc) is 3.03. The lowest BCUT2D eigenvalue weighted by Gasteiger charge is -2.11. The van der Waals surface area contributed by atoms with Crippen molar-refractivity contribution in [3.05, 3.63) is 42.0 Å². The highest BCUT2D eigenvalue weighted by molar-refractivity contribution is 7.90. The zero-order valence-corrected chi connectivity index (χ0v) is 13.4. The standard InChI is InChI=1S/C14H13N3O6S/c1-24(19,20)11-5-3-2-4-9(11)12(18)15-14-17-16-13(23-14)10-8-21-6-7-22-10/h2-5,8H,6-7H2,1H3,(H,15,17,18). The first kappa shape index (κ1) is 16.0. The normalized spacial score (nSPS) is 14.3. The van der Waals surface area contributed by atoms with Crippen LogP contribution in [0.4, 0.5) is 6.01 Å². The zero-order valence-electron chi connectivity index (χ0n) is 12.6. The number of nitrogens with one attached hydrogen (secondary N) is 1. The molecule has 10 heteroatoms. The molecule has 1 amide bonds. The summed E-state index contributed by atoms with van der Waals surface area (Å²) in [6.45, 7) is 0.765. The SMILES string of the molecule is CS(=O)(=O)c1ccccc1C(=O)Nc1nnc(C2=COCCO2)o1. The third-order valence-corrected chi connectivity index (χ3v) is 4.19. The van der Waals surface area contributed by atoms with E-state index in [-0.39, 0.29) is 28.1 Å². The van der Waals surface area contributed by atoms with Gasteiger partial charge in [0.2, 0.25) is 5.76 Å². The number of sulfone groups is 1. The molecule has 2 aromatic rings. The van der Waals surface area contributed by atoms with E-state index in [0.29, 0.717) is 13.2 Å². The van der Waals surface area contributed by atoms with Gasteiger partial charge >= 0.3 is 6.01 Å². The number of benzene rings is 1. The van der Waals surface area contributed by atoms with Gasteiger partial charge in [-0.25, -0.2) is 8.42 Å². The van der Waals surface area contributed by atoms with Gasteiger partial charge < -0.3 is 13.9 Å². The molecule has 0 unspecified atom stereocenters. The molecule has 0 spiro atoms. The summed E-state index contributed by atoms with van der Waals surface area (Å²) in [4.78, 5) is 12.2. The summed E-state index contributed by atoms with van der Waals surface area (Å²) in [5.41, 5.74) is -0.0174. The average molecular weight is 351 g/mol. The molecule has 24 heavy (non-hydrogen) atoms.